The van der Waals surface area contributed by atoms with E-state index < -0.39 is 12.4 Å². The van der Waals surface area contributed by atoms with Gasteiger partial charge in [-0.25, -0.2) is 0 Å². The summed E-state index contributed by atoms with van der Waals surface area (Å²) in [5.41, 5.74) is 0.763. The van der Waals surface area contributed by atoms with Gasteiger partial charge in [0.25, 0.3) is 0 Å². The highest BCUT2D eigenvalue weighted by molar-refractivity contribution is 5.99. The summed E-state index contributed by atoms with van der Waals surface area (Å²) in [6, 6.07) is 0.339. The SMILES string of the molecule is CC[C@H]1CCC[C@H](OC2CCC(N(C)C)C(C)O2)[C@@H](C)C(=O)C2=C[C@@H]3[C@@H](C=C[C@@H]4C[C@@H](OC5OC(C)C(OC)C(OC)C5OC)C[C@@H]34)[C@@H]2CC(=O)O1. The zero-order valence-corrected chi connectivity index (χ0v) is 32.9. The van der Waals surface area contributed by atoms with E-state index in [1.54, 1.807) is 21.3 Å². The molecule has 6 rings (SSSR count). The highest BCUT2D eigenvalue weighted by atomic mass is 16.7. The fourth-order valence-electron chi connectivity index (χ4n) is 10.4. The van der Waals surface area contributed by atoms with E-state index in [4.69, 9.17) is 37.9 Å². The largest absolute Gasteiger partial charge is 0.462 e. The van der Waals surface area contributed by atoms with Gasteiger partial charge in [-0.05, 0) is 109 Å². The molecule has 3 saturated heterocycles. The molecule has 52 heavy (non-hydrogen) atoms. The molecular formula is C41H65NO10. The van der Waals surface area contributed by atoms with Gasteiger partial charge < -0.3 is 42.8 Å². The van der Waals surface area contributed by atoms with Crippen LogP contribution in [-0.2, 0) is 47.5 Å². The molecule has 1 saturated carbocycles. The lowest BCUT2D eigenvalue weighted by Gasteiger charge is -2.44. The zero-order valence-electron chi connectivity index (χ0n) is 32.9. The number of ether oxygens (including phenoxy) is 8. The molecule has 0 radical (unpaired) electrons. The number of cyclic esters (lactones) is 1. The predicted molar refractivity (Wildman–Crippen MR) is 194 cm³/mol. The van der Waals surface area contributed by atoms with Crippen LogP contribution in [0.5, 0.6) is 0 Å². The first kappa shape index (κ1) is 40.0. The Morgan fingerprint density at radius 2 is 1.58 bits per heavy atom. The van der Waals surface area contributed by atoms with Crippen molar-refractivity contribution in [2.75, 3.05) is 35.4 Å². The molecule has 3 aliphatic heterocycles. The van der Waals surface area contributed by atoms with Crippen LogP contribution in [0.2, 0.25) is 0 Å². The molecule has 8 unspecified atom stereocenters. The first-order chi connectivity index (χ1) is 25.0. The Morgan fingerprint density at radius 3 is 2.25 bits per heavy atom. The van der Waals surface area contributed by atoms with Gasteiger partial charge in [0.05, 0.1) is 30.8 Å². The van der Waals surface area contributed by atoms with Gasteiger partial charge in [-0.15, -0.1) is 0 Å². The Bertz CT molecular complexity index is 1290. The summed E-state index contributed by atoms with van der Waals surface area (Å²) >= 11 is 0. The number of Topliss-reactive ketones (excluding diaryl/α,β-unsaturated/α-hetero) is 1. The van der Waals surface area contributed by atoms with Crippen LogP contribution in [0.25, 0.3) is 0 Å². The maximum absolute atomic E-state index is 14.7. The van der Waals surface area contributed by atoms with Crippen LogP contribution < -0.4 is 0 Å². The van der Waals surface area contributed by atoms with Gasteiger partial charge in [-0.1, -0.05) is 32.1 Å². The third-order valence-electron chi connectivity index (χ3n) is 13.3. The lowest BCUT2D eigenvalue weighted by molar-refractivity contribution is -0.314. The minimum Gasteiger partial charge on any atom is -0.462 e. The number of fused-ring (bicyclic) bond motifs is 5. The van der Waals surface area contributed by atoms with Crippen molar-refractivity contribution < 1.29 is 47.5 Å². The van der Waals surface area contributed by atoms with E-state index in [1.165, 1.54) is 0 Å². The molecule has 0 spiro atoms. The molecular weight excluding hydrogens is 666 g/mol. The lowest BCUT2D eigenvalue weighted by atomic mass is 9.70. The van der Waals surface area contributed by atoms with E-state index in [0.717, 1.165) is 50.5 Å². The molecule has 6 aliphatic rings. The van der Waals surface area contributed by atoms with Gasteiger partial charge in [0.1, 0.15) is 24.4 Å². The standard InChI is InChI=1S/C41H65NO10/c1-10-26-12-11-13-34(52-36-17-16-33(42(5)6)23(3)48-36)22(2)37(44)32-20-30-28(31(32)21-35(43)50-26)15-14-25-18-27(19-29(25)30)51-41-40(47-9)39(46-8)38(45-7)24(4)49-41/h14-15,20,22-31,33-34,36,38-41H,10-13,16-19,21H2,1-9H3/t22-,23?,24?,25-,26+,27-,28-,29-,30-,31+,33?,34+,36?,38?,39?,40?,41?/m1/s1. The number of likely N-dealkylation sites (N-methyl/N-ethyl adjacent to an activating group) is 1. The molecule has 17 atom stereocenters. The highest BCUT2D eigenvalue weighted by Gasteiger charge is 2.52. The van der Waals surface area contributed by atoms with Gasteiger partial charge in [-0.3, -0.25) is 9.59 Å². The van der Waals surface area contributed by atoms with Crippen LogP contribution >= 0.6 is 0 Å². The molecule has 0 bridgehead atoms. The normalized spacial score (nSPS) is 45.7. The number of rotatable bonds is 9. The number of hydrogen-bond acceptors (Lipinski definition) is 11. The molecule has 0 aromatic rings. The van der Waals surface area contributed by atoms with Gasteiger partial charge in [0.15, 0.2) is 18.4 Å². The molecule has 0 aromatic heterocycles. The van der Waals surface area contributed by atoms with E-state index in [1.807, 2.05) is 13.8 Å². The van der Waals surface area contributed by atoms with Crippen LogP contribution in [0.1, 0.15) is 85.5 Å². The maximum atomic E-state index is 14.7. The second-order valence-electron chi connectivity index (χ2n) is 16.5. The summed E-state index contributed by atoms with van der Waals surface area (Å²) < 4.78 is 49.5. The summed E-state index contributed by atoms with van der Waals surface area (Å²) in [6.07, 6.45) is 10.8. The van der Waals surface area contributed by atoms with Crippen molar-refractivity contribution in [3.63, 3.8) is 0 Å². The number of ketones is 1. The number of carbonyl (C=O) groups is 2. The fraction of sp³-hybridized carbons (Fsp3) is 0.854. The van der Waals surface area contributed by atoms with Crippen molar-refractivity contribution in [1.29, 1.82) is 0 Å². The number of carbonyl (C=O) groups excluding carboxylic acids is 2. The Morgan fingerprint density at radius 1 is 0.827 bits per heavy atom. The summed E-state index contributed by atoms with van der Waals surface area (Å²) in [5, 5.41) is 0. The molecule has 3 aliphatic carbocycles. The number of methoxy groups -OCH3 is 3. The van der Waals surface area contributed by atoms with Crippen molar-refractivity contribution in [3.05, 3.63) is 23.8 Å². The molecule has 0 amide bonds. The molecule has 0 N–H and O–H groups in total. The van der Waals surface area contributed by atoms with Crippen molar-refractivity contribution in [1.82, 2.24) is 4.90 Å². The van der Waals surface area contributed by atoms with Crippen LogP contribution in [0, 0.1) is 35.5 Å². The maximum Gasteiger partial charge on any atom is 0.306 e. The number of allylic oxidation sites excluding steroid dienone is 4. The summed E-state index contributed by atoms with van der Waals surface area (Å²) in [4.78, 5) is 30.4. The van der Waals surface area contributed by atoms with E-state index in [-0.39, 0.29) is 96.8 Å². The second-order valence-corrected chi connectivity index (χ2v) is 16.5. The van der Waals surface area contributed by atoms with Crippen molar-refractivity contribution in [2.24, 2.45) is 35.5 Å². The van der Waals surface area contributed by atoms with Gasteiger partial charge >= 0.3 is 5.97 Å². The molecule has 0 aromatic carbocycles. The van der Waals surface area contributed by atoms with Crippen molar-refractivity contribution >= 4 is 11.8 Å². The predicted octanol–water partition coefficient (Wildman–Crippen LogP) is 5.49. The molecule has 11 heteroatoms. The van der Waals surface area contributed by atoms with E-state index in [2.05, 4.69) is 51.1 Å². The second kappa shape index (κ2) is 17.4. The number of nitrogens with zero attached hydrogens (tertiary/aromatic N) is 1. The van der Waals surface area contributed by atoms with Crippen LogP contribution in [-0.4, -0.2) is 120 Å². The van der Waals surface area contributed by atoms with Crippen LogP contribution in [0.3, 0.4) is 0 Å². The lowest BCUT2D eigenvalue weighted by Crippen LogP contribution is -2.59. The summed E-state index contributed by atoms with van der Waals surface area (Å²) in [6.45, 7) is 8.17. The third kappa shape index (κ3) is 8.27. The Hall–Kier alpha value is -1.70. The molecule has 3 heterocycles. The minimum absolute atomic E-state index is 0.0380. The van der Waals surface area contributed by atoms with Gasteiger partial charge in [-0.2, -0.15) is 0 Å². The molecule has 294 valence electrons. The average Bonchev–Trinajstić information content (AvgIpc) is 3.70. The van der Waals surface area contributed by atoms with E-state index in [9.17, 15) is 9.59 Å². The monoisotopic (exact) mass is 731 g/mol. The topological polar surface area (TPSA) is 111 Å². The Kier molecular flexibility index (Phi) is 13.4. The van der Waals surface area contributed by atoms with E-state index >= 15 is 0 Å². The van der Waals surface area contributed by atoms with Gasteiger partial charge in [0, 0.05) is 39.2 Å². The van der Waals surface area contributed by atoms with Crippen molar-refractivity contribution in [2.45, 2.75) is 153 Å². The first-order valence-corrected chi connectivity index (χ1v) is 20.0. The zero-order chi connectivity index (χ0) is 37.3. The fourth-order valence-corrected chi connectivity index (χ4v) is 10.4. The minimum atomic E-state index is -0.594. The summed E-state index contributed by atoms with van der Waals surface area (Å²) in [7, 11) is 9.15. The van der Waals surface area contributed by atoms with Crippen LogP contribution in [0.4, 0.5) is 0 Å². The highest BCUT2D eigenvalue weighted by Crippen LogP contribution is 2.54. The van der Waals surface area contributed by atoms with Crippen molar-refractivity contribution in [3.8, 4) is 0 Å². The average molecular weight is 732 g/mol. The van der Waals surface area contributed by atoms with Gasteiger partial charge in [0.2, 0.25) is 0 Å². The Balaban J connectivity index is 1.20. The quantitative estimate of drug-likeness (QED) is 0.222. The third-order valence-corrected chi connectivity index (χ3v) is 13.3. The molecule has 11 nitrogen and oxygen atoms in total. The first-order valence-electron chi connectivity index (χ1n) is 20.0. The molecule has 4 fully saturated rings. The van der Waals surface area contributed by atoms with E-state index in [0.29, 0.717) is 18.4 Å². The van der Waals surface area contributed by atoms with Crippen LogP contribution in [0.15, 0.2) is 23.8 Å². The number of hydrogen-bond donors (Lipinski definition) is 0. The summed E-state index contributed by atoms with van der Waals surface area (Å²) in [5.74, 6) is 0.0198. The smallest absolute Gasteiger partial charge is 0.306 e. The Labute approximate surface area is 311 Å². The number of esters is 1.